The molecular weight excluding hydrogens is 551 g/mol. The Balaban J connectivity index is 0.00000370. The van der Waals surface area contributed by atoms with Crippen LogP contribution in [0.15, 0.2) is 90.2 Å². The van der Waals surface area contributed by atoms with Crippen molar-refractivity contribution in [1.82, 2.24) is 19.8 Å². The monoisotopic (exact) mass is 582 g/mol. The first-order valence-corrected chi connectivity index (χ1v) is 14.4. The summed E-state index contributed by atoms with van der Waals surface area (Å²) in [4.78, 5) is 17.1. The number of sulfonamides is 1. The number of rotatable bonds is 10. The van der Waals surface area contributed by atoms with Crippen LogP contribution in [0.2, 0.25) is 0 Å². The summed E-state index contributed by atoms with van der Waals surface area (Å²) >= 11 is 0. The van der Waals surface area contributed by atoms with Crippen LogP contribution in [0.4, 0.5) is 4.39 Å². The molecule has 0 fully saturated rings. The number of hydrogen-bond acceptors (Lipinski definition) is 5. The predicted molar refractivity (Wildman–Crippen MR) is 158 cm³/mol. The molecule has 0 aliphatic carbocycles. The van der Waals surface area contributed by atoms with Crippen molar-refractivity contribution < 1.29 is 17.6 Å². The molecule has 4 aromatic rings. The summed E-state index contributed by atoms with van der Waals surface area (Å²) in [6.45, 7) is 4.59. The second-order valence-corrected chi connectivity index (χ2v) is 11.0. The first kappa shape index (κ1) is 29.6. The van der Waals surface area contributed by atoms with Gasteiger partial charge in [-0.2, -0.15) is 0 Å². The van der Waals surface area contributed by atoms with Crippen LogP contribution >= 0.6 is 12.4 Å². The Morgan fingerprint density at radius 3 is 2.40 bits per heavy atom. The molecule has 0 bridgehead atoms. The zero-order valence-electron chi connectivity index (χ0n) is 22.1. The molecule has 0 spiro atoms. The Bertz CT molecular complexity index is 1540. The van der Waals surface area contributed by atoms with Crippen molar-refractivity contribution >= 4 is 28.0 Å². The zero-order chi connectivity index (χ0) is 27.2. The average Bonchev–Trinajstić information content (AvgIpc) is 3.41. The summed E-state index contributed by atoms with van der Waals surface area (Å²) in [5.74, 6) is -0.259. The number of aromatic amines is 1. The highest BCUT2D eigenvalue weighted by atomic mass is 35.5. The highest BCUT2D eigenvalue weighted by Crippen LogP contribution is 2.39. The lowest BCUT2D eigenvalue weighted by Crippen LogP contribution is -2.30. The molecule has 0 saturated carbocycles. The lowest BCUT2D eigenvalue weighted by Gasteiger charge is -2.26. The van der Waals surface area contributed by atoms with Gasteiger partial charge in [-0.1, -0.05) is 23.1 Å². The van der Waals surface area contributed by atoms with Gasteiger partial charge in [0.15, 0.2) is 0 Å². The van der Waals surface area contributed by atoms with Crippen LogP contribution in [0.5, 0.6) is 0 Å². The quantitative estimate of drug-likeness (QED) is 0.229. The predicted octanol–water partition coefficient (Wildman–Crippen LogP) is 5.87. The van der Waals surface area contributed by atoms with Gasteiger partial charge >= 0.3 is 0 Å². The Morgan fingerprint density at radius 2 is 1.75 bits per heavy atom. The summed E-state index contributed by atoms with van der Waals surface area (Å²) in [6, 6.07) is 17.5. The number of nitrogens with one attached hydrogen (secondary N) is 2. The van der Waals surface area contributed by atoms with E-state index in [0.29, 0.717) is 0 Å². The van der Waals surface area contributed by atoms with E-state index in [1.807, 2.05) is 30.5 Å². The van der Waals surface area contributed by atoms with Gasteiger partial charge in [0.25, 0.3) is 10.0 Å². The van der Waals surface area contributed by atoms with E-state index >= 15 is 0 Å². The van der Waals surface area contributed by atoms with Gasteiger partial charge in [-0.05, 0) is 90.6 Å². The van der Waals surface area contributed by atoms with Gasteiger partial charge in [0, 0.05) is 49.4 Å². The van der Waals surface area contributed by atoms with Gasteiger partial charge in [0.2, 0.25) is 0 Å². The van der Waals surface area contributed by atoms with E-state index in [1.54, 1.807) is 43.6 Å². The topological polar surface area (TPSA) is 87.3 Å². The summed E-state index contributed by atoms with van der Waals surface area (Å²) < 4.78 is 38.0. The van der Waals surface area contributed by atoms with Gasteiger partial charge in [-0.15, -0.1) is 12.4 Å². The van der Waals surface area contributed by atoms with E-state index < -0.39 is 10.0 Å². The maximum absolute atomic E-state index is 13.6. The Hall–Kier alpha value is -3.34. The molecule has 0 radical (unpaired) electrons. The van der Waals surface area contributed by atoms with Crippen molar-refractivity contribution in [3.05, 3.63) is 102 Å². The molecule has 40 heavy (non-hydrogen) atoms. The largest absolute Gasteiger partial charge is 0.360 e. The Labute approximate surface area is 240 Å². The molecule has 2 aromatic heterocycles. The third kappa shape index (κ3) is 6.86. The van der Waals surface area contributed by atoms with Gasteiger partial charge in [-0.3, -0.25) is 14.7 Å². The molecule has 10 heteroatoms. The van der Waals surface area contributed by atoms with E-state index in [-0.39, 0.29) is 29.7 Å². The fraction of sp³-hybridized carbons (Fsp3) is 0.233. The minimum atomic E-state index is -3.66. The summed E-state index contributed by atoms with van der Waals surface area (Å²) in [6.07, 6.45) is 9.62. The van der Waals surface area contributed by atoms with Crippen LogP contribution in [0.1, 0.15) is 24.5 Å². The summed E-state index contributed by atoms with van der Waals surface area (Å²) in [5.41, 5.74) is 7.55. The molecule has 2 aromatic carbocycles. The number of halogens is 2. The van der Waals surface area contributed by atoms with Crippen molar-refractivity contribution in [2.45, 2.75) is 24.7 Å². The maximum Gasteiger partial charge on any atom is 0.262 e. The van der Waals surface area contributed by atoms with Crippen LogP contribution in [0, 0.1) is 5.82 Å². The molecular formula is C30H32ClFN4O3S. The molecule has 1 aliphatic rings. The number of pyridine rings is 1. The highest BCUT2D eigenvalue weighted by Gasteiger charge is 2.21. The van der Waals surface area contributed by atoms with Crippen LogP contribution in [0.3, 0.4) is 0 Å². The van der Waals surface area contributed by atoms with E-state index in [0.717, 1.165) is 66.0 Å². The molecule has 1 aliphatic heterocycles. The number of nitrogens with zero attached hydrogens (tertiary/aromatic N) is 2. The smallest absolute Gasteiger partial charge is 0.262 e. The average molecular weight is 583 g/mol. The van der Waals surface area contributed by atoms with Crippen molar-refractivity contribution in [1.29, 1.82) is 0 Å². The zero-order valence-corrected chi connectivity index (χ0v) is 23.8. The van der Waals surface area contributed by atoms with Crippen molar-refractivity contribution in [2.75, 3.05) is 26.2 Å². The van der Waals surface area contributed by atoms with Gasteiger partial charge in [0.05, 0.1) is 17.2 Å². The molecule has 0 amide bonds. The number of benzene rings is 2. The number of hydrogen-bond donors (Lipinski definition) is 2. The minimum absolute atomic E-state index is 0. The van der Waals surface area contributed by atoms with Crippen LogP contribution in [-0.2, 0) is 21.3 Å². The molecule has 5 rings (SSSR count). The third-order valence-electron chi connectivity index (χ3n) is 6.88. The SMILES string of the molecule is CCONS(=O)(=O)c1ccc(CCN2CC=C(c3c[nH]c(-c4ccc(F)cc4)c3-c3ccncc3)CC2)cc1.Cl. The van der Waals surface area contributed by atoms with E-state index in [1.165, 1.54) is 17.7 Å². The lowest BCUT2D eigenvalue weighted by molar-refractivity contribution is 0.105. The lowest BCUT2D eigenvalue weighted by atomic mass is 9.92. The van der Waals surface area contributed by atoms with Crippen molar-refractivity contribution in [2.24, 2.45) is 0 Å². The van der Waals surface area contributed by atoms with Gasteiger partial charge in [-0.25, -0.2) is 12.8 Å². The third-order valence-corrected chi connectivity index (χ3v) is 8.11. The normalized spacial score (nSPS) is 14.0. The summed E-state index contributed by atoms with van der Waals surface area (Å²) in [7, 11) is -3.66. The van der Waals surface area contributed by atoms with Crippen LogP contribution in [0.25, 0.3) is 28.0 Å². The standard InChI is InChI=1S/C30H31FN4O3S.ClH/c1-2-38-34-39(36,37)27-9-3-22(4-10-27)13-18-35-19-14-23(15-20-35)28-21-33-30(25-5-7-26(31)8-6-25)29(28)24-11-16-32-17-12-24;/h3-12,14,16-17,21,33-34H,2,13,15,18-20H2,1H3;1H. The molecule has 210 valence electrons. The summed E-state index contributed by atoms with van der Waals surface area (Å²) in [5, 5.41) is 0. The van der Waals surface area contributed by atoms with Gasteiger partial charge in [0.1, 0.15) is 5.82 Å². The molecule has 7 nitrogen and oxygen atoms in total. The number of aromatic nitrogens is 2. The fourth-order valence-electron chi connectivity index (χ4n) is 4.81. The molecule has 0 saturated heterocycles. The Kier molecular flexibility index (Phi) is 9.89. The molecule has 3 heterocycles. The first-order valence-electron chi connectivity index (χ1n) is 13.0. The van der Waals surface area contributed by atoms with E-state index in [9.17, 15) is 12.8 Å². The molecule has 2 N–H and O–H groups in total. The van der Waals surface area contributed by atoms with Crippen molar-refractivity contribution in [3.8, 4) is 22.4 Å². The van der Waals surface area contributed by atoms with Gasteiger partial charge < -0.3 is 4.98 Å². The van der Waals surface area contributed by atoms with E-state index in [4.69, 9.17) is 4.84 Å². The maximum atomic E-state index is 13.6. The molecule has 0 atom stereocenters. The van der Waals surface area contributed by atoms with Crippen molar-refractivity contribution in [3.63, 3.8) is 0 Å². The number of H-pyrrole nitrogens is 1. The fourth-order valence-corrected chi connectivity index (χ4v) is 5.67. The first-order chi connectivity index (χ1) is 18.9. The van der Waals surface area contributed by atoms with E-state index in [2.05, 4.69) is 25.8 Å². The minimum Gasteiger partial charge on any atom is -0.360 e. The second-order valence-electron chi connectivity index (χ2n) is 9.39. The van der Waals surface area contributed by atoms with Crippen LogP contribution in [-0.4, -0.2) is 49.5 Å². The Morgan fingerprint density at radius 1 is 1.02 bits per heavy atom. The molecule has 0 unspecified atom stereocenters. The second kappa shape index (κ2) is 13.3. The highest BCUT2D eigenvalue weighted by molar-refractivity contribution is 7.89. The van der Waals surface area contributed by atoms with Crippen LogP contribution < -0.4 is 4.89 Å².